The molecule has 152 valence electrons. The summed E-state index contributed by atoms with van der Waals surface area (Å²) in [4.78, 5) is 11.4. The molecule has 0 aliphatic rings. The molecule has 0 N–H and O–H groups in total. The van der Waals surface area contributed by atoms with Crippen LogP contribution < -0.4 is 4.74 Å². The summed E-state index contributed by atoms with van der Waals surface area (Å²) >= 11 is 0. The number of esters is 1. The third kappa shape index (κ3) is 13.1. The Morgan fingerprint density at radius 2 is 1.37 bits per heavy atom. The number of hydrogen-bond acceptors (Lipinski definition) is 3. The molecule has 27 heavy (non-hydrogen) atoms. The molecule has 0 bridgehead atoms. The number of ether oxygens (including phenoxy) is 2. The van der Waals surface area contributed by atoms with Crippen LogP contribution in [0.3, 0.4) is 0 Å². The van der Waals surface area contributed by atoms with E-state index in [-0.39, 0.29) is 5.97 Å². The van der Waals surface area contributed by atoms with E-state index in [1.54, 1.807) is 6.08 Å². The van der Waals surface area contributed by atoms with Gasteiger partial charge in [0.05, 0.1) is 13.2 Å². The monoisotopic (exact) mass is 374 g/mol. The van der Waals surface area contributed by atoms with Crippen LogP contribution in [-0.4, -0.2) is 19.2 Å². The van der Waals surface area contributed by atoms with Crippen LogP contribution in [-0.2, 0) is 9.53 Å². The maximum atomic E-state index is 11.4. The molecule has 0 radical (unpaired) electrons. The molecule has 3 heteroatoms. The molecule has 0 saturated carbocycles. The summed E-state index contributed by atoms with van der Waals surface area (Å²) in [6, 6.07) is 7.82. The first kappa shape index (κ1) is 23.3. The highest BCUT2D eigenvalue weighted by Crippen LogP contribution is 2.15. The van der Waals surface area contributed by atoms with E-state index in [1.807, 2.05) is 31.2 Å². The lowest BCUT2D eigenvalue weighted by atomic mass is 10.1. The maximum Gasteiger partial charge on any atom is 0.330 e. The molecule has 0 aromatic heterocycles. The lowest BCUT2D eigenvalue weighted by Crippen LogP contribution is -2.00. The topological polar surface area (TPSA) is 35.5 Å². The Labute approximate surface area is 166 Å². The van der Waals surface area contributed by atoms with E-state index in [9.17, 15) is 4.79 Å². The van der Waals surface area contributed by atoms with Crippen molar-refractivity contribution in [2.24, 2.45) is 0 Å². The van der Waals surface area contributed by atoms with Gasteiger partial charge in [0.2, 0.25) is 0 Å². The van der Waals surface area contributed by atoms with Crippen molar-refractivity contribution in [3.63, 3.8) is 0 Å². The van der Waals surface area contributed by atoms with Gasteiger partial charge in [-0.3, -0.25) is 0 Å². The summed E-state index contributed by atoms with van der Waals surface area (Å²) in [6.07, 6.45) is 17.4. The molecule has 0 atom stereocenters. The lowest BCUT2D eigenvalue weighted by Gasteiger charge is -2.06. The Morgan fingerprint density at radius 3 is 1.96 bits per heavy atom. The quantitative estimate of drug-likeness (QED) is 0.178. The van der Waals surface area contributed by atoms with E-state index in [1.165, 1.54) is 63.9 Å². The fourth-order valence-electron chi connectivity index (χ4n) is 2.87. The second-order valence-electron chi connectivity index (χ2n) is 7.10. The molecule has 0 fully saturated rings. The van der Waals surface area contributed by atoms with Crippen molar-refractivity contribution in [3.05, 3.63) is 35.9 Å². The van der Waals surface area contributed by atoms with Crippen molar-refractivity contribution in [2.45, 2.75) is 84.5 Å². The molecular formula is C24H38O3. The summed E-state index contributed by atoms with van der Waals surface area (Å²) in [5.41, 5.74) is 0.967. The predicted molar refractivity (Wildman–Crippen MR) is 114 cm³/mol. The molecule has 1 aromatic rings. The first-order valence-electron chi connectivity index (χ1n) is 10.8. The van der Waals surface area contributed by atoms with Crippen LogP contribution in [0, 0.1) is 0 Å². The highest BCUT2D eigenvalue weighted by molar-refractivity contribution is 5.87. The van der Waals surface area contributed by atoms with Gasteiger partial charge in [0, 0.05) is 6.08 Å². The number of carbonyl (C=O) groups excluding carboxylic acids is 1. The number of hydrogen-bond donors (Lipinski definition) is 0. The molecule has 0 unspecified atom stereocenters. The average molecular weight is 375 g/mol. The second-order valence-corrected chi connectivity index (χ2v) is 7.10. The van der Waals surface area contributed by atoms with Crippen molar-refractivity contribution in [1.82, 2.24) is 0 Å². The standard InChI is InChI=1S/C24H38O3/c1-3-5-6-7-8-9-10-11-12-13-21-26-23-17-14-22(15-18-23)16-19-24(25)27-20-4-2/h14-19H,3-13,20-21H2,1-2H3/b19-16+. The first-order chi connectivity index (χ1) is 13.3. The number of unbranched alkanes of at least 4 members (excludes halogenated alkanes) is 9. The normalized spacial score (nSPS) is 11.0. The van der Waals surface area contributed by atoms with Gasteiger partial charge in [-0.2, -0.15) is 0 Å². The van der Waals surface area contributed by atoms with E-state index in [4.69, 9.17) is 9.47 Å². The third-order valence-electron chi connectivity index (χ3n) is 4.51. The maximum absolute atomic E-state index is 11.4. The minimum absolute atomic E-state index is 0.293. The third-order valence-corrected chi connectivity index (χ3v) is 4.51. The second kappa shape index (κ2) is 16.4. The number of benzene rings is 1. The number of carbonyl (C=O) groups is 1. The molecule has 0 amide bonds. The van der Waals surface area contributed by atoms with E-state index in [0.717, 1.165) is 30.8 Å². The molecule has 1 aromatic carbocycles. The molecular weight excluding hydrogens is 336 g/mol. The zero-order chi connectivity index (χ0) is 19.6. The van der Waals surface area contributed by atoms with Crippen molar-refractivity contribution >= 4 is 12.0 Å². The van der Waals surface area contributed by atoms with Crippen LogP contribution in [0.2, 0.25) is 0 Å². The van der Waals surface area contributed by atoms with Crippen molar-refractivity contribution in [1.29, 1.82) is 0 Å². The van der Waals surface area contributed by atoms with E-state index >= 15 is 0 Å². The average Bonchev–Trinajstić information content (AvgIpc) is 2.69. The van der Waals surface area contributed by atoms with Crippen molar-refractivity contribution in [3.8, 4) is 5.75 Å². The van der Waals surface area contributed by atoms with Crippen LogP contribution in [0.1, 0.15) is 90.0 Å². The minimum Gasteiger partial charge on any atom is -0.494 e. The van der Waals surface area contributed by atoms with Gasteiger partial charge in [-0.1, -0.05) is 83.8 Å². The van der Waals surface area contributed by atoms with Gasteiger partial charge < -0.3 is 9.47 Å². The fourth-order valence-corrected chi connectivity index (χ4v) is 2.87. The zero-order valence-corrected chi connectivity index (χ0v) is 17.4. The molecule has 3 nitrogen and oxygen atoms in total. The zero-order valence-electron chi connectivity index (χ0n) is 17.4. The Morgan fingerprint density at radius 1 is 0.778 bits per heavy atom. The van der Waals surface area contributed by atoms with Crippen molar-refractivity contribution in [2.75, 3.05) is 13.2 Å². The van der Waals surface area contributed by atoms with Crippen LogP contribution in [0.4, 0.5) is 0 Å². The summed E-state index contributed by atoms with van der Waals surface area (Å²) in [5.74, 6) is 0.592. The van der Waals surface area contributed by atoms with Gasteiger partial charge in [0.25, 0.3) is 0 Å². The fraction of sp³-hybridized carbons (Fsp3) is 0.625. The van der Waals surface area contributed by atoms with Gasteiger partial charge >= 0.3 is 5.97 Å². The van der Waals surface area contributed by atoms with Gasteiger partial charge in [-0.25, -0.2) is 4.79 Å². The van der Waals surface area contributed by atoms with E-state index in [0.29, 0.717) is 6.61 Å². The summed E-state index contributed by atoms with van der Waals surface area (Å²) in [7, 11) is 0. The predicted octanol–water partition coefficient (Wildman–Crippen LogP) is 6.95. The van der Waals surface area contributed by atoms with Gasteiger partial charge in [0.1, 0.15) is 5.75 Å². The SMILES string of the molecule is CCCCCCCCCCCCOc1ccc(/C=C/C(=O)OCCC)cc1. The molecule has 0 spiro atoms. The van der Waals surface area contributed by atoms with Crippen LogP contribution in [0.15, 0.2) is 30.3 Å². The highest BCUT2D eigenvalue weighted by Gasteiger charge is 1.98. The lowest BCUT2D eigenvalue weighted by molar-refractivity contribution is -0.137. The molecule has 1 rings (SSSR count). The first-order valence-corrected chi connectivity index (χ1v) is 10.8. The molecule has 0 saturated heterocycles. The van der Waals surface area contributed by atoms with Crippen LogP contribution >= 0.6 is 0 Å². The summed E-state index contributed by atoms with van der Waals surface area (Å²) < 4.78 is 10.8. The molecule has 0 aliphatic heterocycles. The van der Waals surface area contributed by atoms with E-state index in [2.05, 4.69) is 6.92 Å². The van der Waals surface area contributed by atoms with Crippen molar-refractivity contribution < 1.29 is 14.3 Å². The largest absolute Gasteiger partial charge is 0.494 e. The van der Waals surface area contributed by atoms with Crippen LogP contribution in [0.25, 0.3) is 6.08 Å². The Bertz CT molecular complexity index is 505. The van der Waals surface area contributed by atoms with E-state index < -0.39 is 0 Å². The Hall–Kier alpha value is -1.77. The van der Waals surface area contributed by atoms with Crippen LogP contribution in [0.5, 0.6) is 5.75 Å². The molecule has 0 aliphatic carbocycles. The smallest absolute Gasteiger partial charge is 0.330 e. The minimum atomic E-state index is -0.293. The Balaban J connectivity index is 2.06. The highest BCUT2D eigenvalue weighted by atomic mass is 16.5. The summed E-state index contributed by atoms with van der Waals surface area (Å²) in [6.45, 7) is 5.48. The van der Waals surface area contributed by atoms with Gasteiger partial charge in [-0.15, -0.1) is 0 Å². The van der Waals surface area contributed by atoms with Gasteiger partial charge in [0.15, 0.2) is 0 Å². The number of rotatable bonds is 16. The molecule has 0 heterocycles. The summed E-state index contributed by atoms with van der Waals surface area (Å²) in [5, 5.41) is 0. The Kier molecular flexibility index (Phi) is 14.1. The van der Waals surface area contributed by atoms with Gasteiger partial charge in [-0.05, 0) is 36.6 Å².